The van der Waals surface area contributed by atoms with Gasteiger partial charge in [0, 0.05) is 12.4 Å². The summed E-state index contributed by atoms with van der Waals surface area (Å²) in [5, 5.41) is 7.73. The normalized spacial score (nSPS) is 12.0. The number of rotatable bonds is 5. The number of nitrogens with one attached hydrogen (secondary N) is 1. The molecule has 1 aromatic carbocycles. The lowest BCUT2D eigenvalue weighted by atomic mass is 9.98. The molecule has 7 heteroatoms. The number of carbonyl (C=O) groups excluding carboxylic acids is 1. The fourth-order valence-electron chi connectivity index (χ4n) is 3.59. The summed E-state index contributed by atoms with van der Waals surface area (Å²) in [6.45, 7) is 1.79. The number of benzene rings is 1. The third kappa shape index (κ3) is 3.57. The third-order valence-corrected chi connectivity index (χ3v) is 5.08. The highest BCUT2D eigenvalue weighted by atomic mass is 16.5. The van der Waals surface area contributed by atoms with Crippen LogP contribution in [0.3, 0.4) is 0 Å². The van der Waals surface area contributed by atoms with Crippen LogP contribution in [0.4, 0.5) is 0 Å². The number of carbonyl (C=O) groups is 1. The first-order chi connectivity index (χ1) is 15.2. The van der Waals surface area contributed by atoms with Crippen molar-refractivity contribution in [2.24, 2.45) is 0 Å². The Morgan fingerprint density at radius 1 is 1.00 bits per heavy atom. The summed E-state index contributed by atoms with van der Waals surface area (Å²) in [6, 6.07) is 18.5. The molecule has 0 spiro atoms. The van der Waals surface area contributed by atoms with Gasteiger partial charge in [0.2, 0.25) is 0 Å². The molecule has 0 radical (unpaired) electrons. The zero-order valence-electron chi connectivity index (χ0n) is 16.6. The van der Waals surface area contributed by atoms with Crippen molar-refractivity contribution in [3.8, 4) is 11.5 Å². The number of pyridine rings is 2. The first-order valence-electron chi connectivity index (χ1n) is 9.77. The summed E-state index contributed by atoms with van der Waals surface area (Å²) >= 11 is 0. The van der Waals surface area contributed by atoms with Crippen molar-refractivity contribution in [3.05, 3.63) is 102 Å². The minimum atomic E-state index is -0.354. The maximum atomic E-state index is 13.5. The zero-order valence-corrected chi connectivity index (χ0v) is 16.6. The molecular formula is C24H18N4O3. The van der Waals surface area contributed by atoms with Crippen LogP contribution in [0.1, 0.15) is 33.2 Å². The van der Waals surface area contributed by atoms with Crippen LogP contribution in [0.5, 0.6) is 0 Å². The number of aryl methyl sites for hydroxylation is 1. The highest BCUT2D eigenvalue weighted by Crippen LogP contribution is 2.29. The SMILES string of the molecule is Cc1noc2nc(-c3ccco3)cc(C(=O)NC(c3ccccc3)c3ccncc3)c12. The van der Waals surface area contributed by atoms with Crippen LogP contribution in [0.15, 0.2) is 88.3 Å². The molecule has 31 heavy (non-hydrogen) atoms. The number of amides is 1. The van der Waals surface area contributed by atoms with E-state index in [1.807, 2.05) is 42.5 Å². The van der Waals surface area contributed by atoms with E-state index in [9.17, 15) is 4.79 Å². The van der Waals surface area contributed by atoms with Crippen molar-refractivity contribution >= 4 is 17.0 Å². The molecule has 1 N–H and O–H groups in total. The van der Waals surface area contributed by atoms with E-state index in [4.69, 9.17) is 8.94 Å². The van der Waals surface area contributed by atoms with Gasteiger partial charge in [-0.25, -0.2) is 4.98 Å². The maximum Gasteiger partial charge on any atom is 0.259 e. The summed E-state index contributed by atoms with van der Waals surface area (Å²) in [6.07, 6.45) is 4.98. The van der Waals surface area contributed by atoms with Gasteiger partial charge >= 0.3 is 0 Å². The number of fused-ring (bicyclic) bond motifs is 1. The van der Waals surface area contributed by atoms with E-state index < -0.39 is 0 Å². The number of aromatic nitrogens is 3. The summed E-state index contributed by atoms with van der Waals surface area (Å²) in [4.78, 5) is 22.1. The Morgan fingerprint density at radius 2 is 1.77 bits per heavy atom. The highest BCUT2D eigenvalue weighted by Gasteiger charge is 2.23. The molecule has 5 aromatic rings. The van der Waals surface area contributed by atoms with Crippen LogP contribution >= 0.6 is 0 Å². The van der Waals surface area contributed by atoms with Gasteiger partial charge in [0.15, 0.2) is 5.76 Å². The molecule has 0 aliphatic carbocycles. The molecule has 0 saturated carbocycles. The second-order valence-electron chi connectivity index (χ2n) is 7.08. The van der Waals surface area contributed by atoms with Gasteiger partial charge in [-0.1, -0.05) is 35.5 Å². The minimum Gasteiger partial charge on any atom is -0.463 e. The van der Waals surface area contributed by atoms with E-state index in [0.29, 0.717) is 28.1 Å². The molecule has 7 nitrogen and oxygen atoms in total. The van der Waals surface area contributed by atoms with Crippen molar-refractivity contribution < 1.29 is 13.7 Å². The molecule has 1 atom stereocenters. The third-order valence-electron chi connectivity index (χ3n) is 5.08. The lowest BCUT2D eigenvalue weighted by molar-refractivity contribution is 0.0944. The van der Waals surface area contributed by atoms with Crippen molar-refractivity contribution in [1.29, 1.82) is 0 Å². The van der Waals surface area contributed by atoms with Crippen molar-refractivity contribution in [2.75, 3.05) is 0 Å². The van der Waals surface area contributed by atoms with Crippen molar-refractivity contribution in [3.63, 3.8) is 0 Å². The van der Waals surface area contributed by atoms with Gasteiger partial charge in [-0.05, 0) is 48.4 Å². The largest absolute Gasteiger partial charge is 0.463 e. The summed E-state index contributed by atoms with van der Waals surface area (Å²) in [5.74, 6) is 0.274. The van der Waals surface area contributed by atoms with Crippen LogP contribution in [-0.4, -0.2) is 21.0 Å². The Kier molecular flexibility index (Phi) is 4.76. The average molecular weight is 410 g/mol. The number of hydrogen-bond acceptors (Lipinski definition) is 6. The first kappa shape index (κ1) is 18.7. The van der Waals surface area contributed by atoms with E-state index in [-0.39, 0.29) is 17.7 Å². The second-order valence-corrected chi connectivity index (χ2v) is 7.08. The quantitative estimate of drug-likeness (QED) is 0.451. The molecule has 0 bridgehead atoms. The van der Waals surface area contributed by atoms with Crippen LogP contribution in [-0.2, 0) is 0 Å². The Morgan fingerprint density at radius 3 is 2.52 bits per heavy atom. The molecule has 1 unspecified atom stereocenters. The standard InChI is InChI=1S/C24H18N4O3/c1-15-21-18(14-19(20-8-5-13-30-20)26-24(21)31-28-15)23(29)27-22(16-6-3-2-4-7-16)17-9-11-25-12-10-17/h2-14,22H,1H3,(H,27,29). The Balaban J connectivity index is 1.59. The van der Waals surface area contributed by atoms with E-state index >= 15 is 0 Å². The van der Waals surface area contributed by atoms with Gasteiger partial charge in [-0.2, -0.15) is 0 Å². The molecule has 4 aromatic heterocycles. The van der Waals surface area contributed by atoms with Gasteiger partial charge in [-0.15, -0.1) is 0 Å². The van der Waals surface area contributed by atoms with Crippen molar-refractivity contribution in [2.45, 2.75) is 13.0 Å². The van der Waals surface area contributed by atoms with Crippen LogP contribution < -0.4 is 5.32 Å². The Labute approximate surface area is 177 Å². The molecular weight excluding hydrogens is 392 g/mol. The van der Waals surface area contributed by atoms with E-state index in [2.05, 4.69) is 20.4 Å². The Hall–Kier alpha value is -4.26. The number of nitrogens with zero attached hydrogens (tertiary/aromatic N) is 3. The summed E-state index contributed by atoms with van der Waals surface area (Å²) in [5.41, 5.74) is 3.69. The number of hydrogen-bond donors (Lipinski definition) is 1. The lowest BCUT2D eigenvalue weighted by Crippen LogP contribution is -2.29. The number of furan rings is 1. The van der Waals surface area contributed by atoms with E-state index in [1.165, 1.54) is 0 Å². The van der Waals surface area contributed by atoms with Gasteiger partial charge in [0.05, 0.1) is 28.9 Å². The van der Waals surface area contributed by atoms with Crippen molar-refractivity contribution in [1.82, 2.24) is 20.4 Å². The van der Waals surface area contributed by atoms with Gasteiger partial charge in [0.1, 0.15) is 5.69 Å². The van der Waals surface area contributed by atoms with Gasteiger partial charge in [-0.3, -0.25) is 9.78 Å². The predicted molar refractivity (Wildman–Crippen MR) is 114 cm³/mol. The first-order valence-corrected chi connectivity index (χ1v) is 9.77. The minimum absolute atomic E-state index is 0.267. The molecule has 0 saturated heterocycles. The second kappa shape index (κ2) is 7.87. The molecule has 0 aliphatic rings. The van der Waals surface area contributed by atoms with E-state index in [0.717, 1.165) is 11.1 Å². The lowest BCUT2D eigenvalue weighted by Gasteiger charge is -2.20. The molecule has 5 rings (SSSR count). The average Bonchev–Trinajstić information content (AvgIpc) is 3.48. The Bertz CT molecular complexity index is 1290. The molecule has 0 fully saturated rings. The van der Waals surface area contributed by atoms with Crippen LogP contribution in [0.2, 0.25) is 0 Å². The topological polar surface area (TPSA) is 94.0 Å². The summed E-state index contributed by atoms with van der Waals surface area (Å²) < 4.78 is 10.8. The predicted octanol–water partition coefficient (Wildman–Crippen LogP) is 4.71. The molecule has 0 aliphatic heterocycles. The smallest absolute Gasteiger partial charge is 0.259 e. The zero-order chi connectivity index (χ0) is 21.2. The monoisotopic (exact) mass is 410 g/mol. The highest BCUT2D eigenvalue weighted by molar-refractivity contribution is 6.07. The maximum absolute atomic E-state index is 13.5. The molecule has 4 heterocycles. The van der Waals surface area contributed by atoms with Gasteiger partial charge in [0.25, 0.3) is 11.6 Å². The summed E-state index contributed by atoms with van der Waals surface area (Å²) in [7, 11) is 0. The van der Waals surface area contributed by atoms with Gasteiger partial charge < -0.3 is 14.3 Å². The van der Waals surface area contributed by atoms with Crippen LogP contribution in [0.25, 0.3) is 22.6 Å². The van der Waals surface area contributed by atoms with Crippen LogP contribution in [0, 0.1) is 6.92 Å². The molecule has 1 amide bonds. The molecule has 152 valence electrons. The van der Waals surface area contributed by atoms with E-state index in [1.54, 1.807) is 43.8 Å². The fourth-order valence-corrected chi connectivity index (χ4v) is 3.59. The fraction of sp³-hybridized carbons (Fsp3) is 0.0833.